The van der Waals surface area contributed by atoms with Crippen LogP contribution in [-0.2, 0) is 0 Å². The van der Waals surface area contributed by atoms with E-state index in [1.807, 2.05) is 0 Å². The van der Waals surface area contributed by atoms with Crippen molar-refractivity contribution in [1.29, 1.82) is 0 Å². The van der Waals surface area contributed by atoms with Gasteiger partial charge in [-0.15, -0.1) is 5.10 Å². The van der Waals surface area contributed by atoms with Crippen LogP contribution in [0.4, 0.5) is 5.95 Å². The molecule has 2 atom stereocenters. The Balaban J connectivity index is 1.45. The third-order valence-electron chi connectivity index (χ3n) is 4.18. The van der Waals surface area contributed by atoms with Gasteiger partial charge in [0.15, 0.2) is 5.17 Å². The van der Waals surface area contributed by atoms with E-state index in [-0.39, 0.29) is 6.04 Å². The molecule has 0 radical (unpaired) electrons. The lowest BCUT2D eigenvalue weighted by molar-refractivity contribution is 0.461. The van der Waals surface area contributed by atoms with Crippen LogP contribution in [0.1, 0.15) is 32.1 Å². The van der Waals surface area contributed by atoms with Crippen LogP contribution in [0.5, 0.6) is 0 Å². The number of anilines is 1. The van der Waals surface area contributed by atoms with Gasteiger partial charge < -0.3 is 5.32 Å². The summed E-state index contributed by atoms with van der Waals surface area (Å²) in [6.07, 6.45) is 16.7. The van der Waals surface area contributed by atoms with Gasteiger partial charge in [-0.2, -0.15) is 4.68 Å². The minimum atomic E-state index is 0.244. The maximum Gasteiger partial charge on any atom is 0.242 e. The predicted octanol–water partition coefficient (Wildman–Crippen LogP) is 2.84. The monoisotopic (exact) mass is 301 g/mol. The van der Waals surface area contributed by atoms with E-state index in [0.717, 1.165) is 11.1 Å². The Labute approximate surface area is 128 Å². The third-order valence-corrected chi connectivity index (χ3v) is 5.40. The van der Waals surface area contributed by atoms with E-state index in [4.69, 9.17) is 4.99 Å². The quantitative estimate of drug-likeness (QED) is 0.912. The minimum absolute atomic E-state index is 0.244. The van der Waals surface area contributed by atoms with E-state index in [1.54, 1.807) is 22.8 Å². The van der Waals surface area contributed by atoms with Crippen molar-refractivity contribution in [2.75, 3.05) is 5.32 Å². The molecule has 6 heteroatoms. The molecule has 1 N–H and O–H groups in total. The van der Waals surface area contributed by atoms with Crippen molar-refractivity contribution < 1.29 is 0 Å². The highest BCUT2D eigenvalue weighted by Crippen LogP contribution is 2.31. The topological polar surface area (TPSA) is 55.1 Å². The lowest BCUT2D eigenvalue weighted by Crippen LogP contribution is -2.23. The summed E-state index contributed by atoms with van der Waals surface area (Å²) >= 11 is 1.75. The van der Waals surface area contributed by atoms with Crippen LogP contribution in [0, 0.1) is 0 Å². The smallest absolute Gasteiger partial charge is 0.242 e. The maximum absolute atomic E-state index is 4.71. The molecule has 0 aromatic carbocycles. The molecule has 1 saturated carbocycles. The number of nitrogens with zero attached hydrogens (tertiary/aromatic N) is 4. The Morgan fingerprint density at radius 1 is 1.14 bits per heavy atom. The highest BCUT2D eigenvalue weighted by molar-refractivity contribution is 8.14. The number of rotatable bonds is 2. The summed E-state index contributed by atoms with van der Waals surface area (Å²) in [6.45, 7) is 0. The molecule has 1 aliphatic heterocycles. The second-order valence-electron chi connectivity index (χ2n) is 5.75. The molecule has 4 rings (SSSR count). The highest BCUT2D eigenvalue weighted by atomic mass is 32.2. The molecule has 21 heavy (non-hydrogen) atoms. The Morgan fingerprint density at radius 2 is 2.00 bits per heavy atom. The van der Waals surface area contributed by atoms with Crippen LogP contribution in [-0.4, -0.2) is 37.3 Å². The summed E-state index contributed by atoms with van der Waals surface area (Å²) in [5.74, 6) is 0.728. The van der Waals surface area contributed by atoms with Gasteiger partial charge in [0.2, 0.25) is 5.95 Å². The SMILES string of the molecule is C1=CC2N=C(n3cnc(NC4CCCCC4)n3)SC2C=C1. The van der Waals surface area contributed by atoms with Gasteiger partial charge in [-0.3, -0.25) is 4.99 Å². The van der Waals surface area contributed by atoms with Gasteiger partial charge in [-0.05, 0) is 12.8 Å². The zero-order valence-corrected chi connectivity index (χ0v) is 12.7. The summed E-state index contributed by atoms with van der Waals surface area (Å²) in [7, 11) is 0. The number of aliphatic imine (C=N–C) groups is 1. The number of allylic oxidation sites excluding steroid dienone is 2. The molecule has 1 aromatic rings. The molecule has 2 unspecified atom stereocenters. The summed E-state index contributed by atoms with van der Waals surface area (Å²) in [4.78, 5) is 9.10. The van der Waals surface area contributed by atoms with E-state index in [2.05, 4.69) is 39.7 Å². The summed E-state index contributed by atoms with van der Waals surface area (Å²) < 4.78 is 1.80. The Morgan fingerprint density at radius 3 is 2.86 bits per heavy atom. The zero-order chi connectivity index (χ0) is 14.1. The molecule has 0 spiro atoms. The number of nitrogens with one attached hydrogen (secondary N) is 1. The Hall–Kier alpha value is -1.56. The third kappa shape index (κ3) is 2.77. The number of thioether (sulfide) groups is 1. The molecule has 5 nitrogen and oxygen atoms in total. The first-order valence-electron chi connectivity index (χ1n) is 7.66. The van der Waals surface area contributed by atoms with Crippen molar-refractivity contribution in [3.05, 3.63) is 30.6 Å². The number of fused-ring (bicyclic) bond motifs is 1. The second kappa shape index (κ2) is 5.67. The van der Waals surface area contributed by atoms with Crippen molar-refractivity contribution in [3.63, 3.8) is 0 Å². The molecule has 0 saturated heterocycles. The average molecular weight is 301 g/mol. The van der Waals surface area contributed by atoms with E-state index in [9.17, 15) is 0 Å². The normalized spacial score (nSPS) is 28.5. The minimum Gasteiger partial charge on any atom is -0.350 e. The summed E-state index contributed by atoms with van der Waals surface area (Å²) in [5.41, 5.74) is 0. The lowest BCUT2D eigenvalue weighted by Gasteiger charge is -2.21. The van der Waals surface area contributed by atoms with Crippen molar-refractivity contribution in [2.45, 2.75) is 49.4 Å². The van der Waals surface area contributed by atoms with Crippen molar-refractivity contribution in [1.82, 2.24) is 14.8 Å². The van der Waals surface area contributed by atoms with E-state index in [0.29, 0.717) is 11.3 Å². The second-order valence-corrected chi connectivity index (χ2v) is 6.89. The van der Waals surface area contributed by atoms with Crippen LogP contribution in [0.3, 0.4) is 0 Å². The maximum atomic E-state index is 4.71. The predicted molar refractivity (Wildman–Crippen MR) is 86.8 cm³/mol. The highest BCUT2D eigenvalue weighted by Gasteiger charge is 2.29. The summed E-state index contributed by atoms with van der Waals surface area (Å²) in [5, 5.41) is 9.33. The first kappa shape index (κ1) is 13.1. The van der Waals surface area contributed by atoms with Gasteiger partial charge in [-0.25, -0.2) is 4.98 Å². The lowest BCUT2D eigenvalue weighted by atomic mass is 9.96. The van der Waals surface area contributed by atoms with Gasteiger partial charge in [0.25, 0.3) is 0 Å². The average Bonchev–Trinajstić information content (AvgIpc) is 3.14. The Bertz CT molecular complexity index is 597. The van der Waals surface area contributed by atoms with Crippen molar-refractivity contribution in [3.8, 4) is 0 Å². The van der Waals surface area contributed by atoms with Crippen molar-refractivity contribution >= 4 is 22.9 Å². The molecule has 110 valence electrons. The van der Waals surface area contributed by atoms with Crippen LogP contribution < -0.4 is 5.32 Å². The van der Waals surface area contributed by atoms with E-state index >= 15 is 0 Å². The molecule has 0 amide bonds. The van der Waals surface area contributed by atoms with Crippen molar-refractivity contribution in [2.24, 2.45) is 4.99 Å². The standard InChI is InChI=1S/C15H19N5S/c1-2-6-11(7-3-1)17-14-16-10-20(19-14)15-18-12-8-4-5-9-13(12)21-15/h4-5,8-13H,1-3,6-7H2,(H,17,19). The van der Waals surface area contributed by atoms with Crippen LogP contribution in [0.15, 0.2) is 35.6 Å². The fraction of sp³-hybridized carbons (Fsp3) is 0.533. The number of hydrogen-bond donors (Lipinski definition) is 1. The molecular weight excluding hydrogens is 282 g/mol. The Kier molecular flexibility index (Phi) is 3.55. The number of aromatic nitrogens is 3. The molecule has 2 aliphatic carbocycles. The van der Waals surface area contributed by atoms with Gasteiger partial charge >= 0.3 is 0 Å². The molecular formula is C15H19N5S. The van der Waals surface area contributed by atoms with Gasteiger partial charge in [0.05, 0.1) is 11.3 Å². The molecule has 1 fully saturated rings. The molecule has 0 bridgehead atoms. The van der Waals surface area contributed by atoms with Gasteiger partial charge in [0.1, 0.15) is 6.33 Å². The first-order chi connectivity index (χ1) is 10.4. The van der Waals surface area contributed by atoms with Gasteiger partial charge in [-0.1, -0.05) is 55.3 Å². The van der Waals surface area contributed by atoms with Crippen LogP contribution in [0.2, 0.25) is 0 Å². The fourth-order valence-electron chi connectivity index (χ4n) is 3.04. The van der Waals surface area contributed by atoms with E-state index in [1.165, 1.54) is 32.1 Å². The molecule has 3 aliphatic rings. The molecule has 2 heterocycles. The zero-order valence-electron chi connectivity index (χ0n) is 11.9. The van der Waals surface area contributed by atoms with E-state index < -0.39 is 0 Å². The largest absolute Gasteiger partial charge is 0.350 e. The summed E-state index contributed by atoms with van der Waals surface area (Å²) in [6, 6.07) is 0.773. The van der Waals surface area contributed by atoms with Gasteiger partial charge in [0, 0.05) is 6.04 Å². The molecule has 1 aromatic heterocycles. The van der Waals surface area contributed by atoms with Crippen LogP contribution >= 0.6 is 11.8 Å². The fourth-order valence-corrected chi connectivity index (χ4v) is 4.13. The van der Waals surface area contributed by atoms with Crippen LogP contribution in [0.25, 0.3) is 0 Å². The number of hydrogen-bond acceptors (Lipinski definition) is 5. The first-order valence-corrected chi connectivity index (χ1v) is 8.54.